The molecule has 456 valence electrons. The third-order valence-corrected chi connectivity index (χ3v) is 16.5. The molecular weight excluding hydrogens is 947 g/mol. The number of rotatable bonds is 66. The maximum Gasteiger partial charge on any atom is 0.305 e. The molecule has 2 unspecified atom stereocenters. The van der Waals surface area contributed by atoms with Crippen LogP contribution in [0.4, 0.5) is 0 Å². The van der Waals surface area contributed by atoms with Gasteiger partial charge in [0.2, 0.25) is 5.91 Å². The lowest BCUT2D eigenvalue weighted by Gasteiger charge is -2.20. The summed E-state index contributed by atoms with van der Waals surface area (Å²) in [4.78, 5) is 24.5. The Morgan fingerprint density at radius 3 is 0.922 bits per heavy atom. The van der Waals surface area contributed by atoms with Crippen molar-refractivity contribution in [2.75, 3.05) is 13.2 Å². The van der Waals surface area contributed by atoms with E-state index in [-0.39, 0.29) is 18.5 Å². The minimum atomic E-state index is -0.849. The molecule has 0 radical (unpaired) electrons. The fourth-order valence-corrected chi connectivity index (χ4v) is 11.1. The first kappa shape index (κ1) is 75.3. The van der Waals surface area contributed by atoms with Crippen molar-refractivity contribution in [2.45, 2.75) is 405 Å². The first-order valence-electron chi connectivity index (χ1n) is 35.1. The van der Waals surface area contributed by atoms with E-state index in [1.165, 1.54) is 327 Å². The number of esters is 1. The molecule has 0 aliphatic rings. The van der Waals surface area contributed by atoms with Gasteiger partial charge in [0.1, 0.15) is 0 Å². The highest BCUT2D eigenvalue weighted by Crippen LogP contribution is 2.19. The molecule has 6 heteroatoms. The lowest BCUT2D eigenvalue weighted by Crippen LogP contribution is -2.45. The number of unbranched alkanes of at least 4 members (excludes halogenated alkanes) is 53. The summed E-state index contributed by atoms with van der Waals surface area (Å²) in [6.07, 6.45) is 84.0. The second kappa shape index (κ2) is 66.8. The zero-order valence-corrected chi connectivity index (χ0v) is 52.2. The number of carbonyl (C=O) groups excluding carboxylic acids is 2. The van der Waals surface area contributed by atoms with Gasteiger partial charge in [-0.2, -0.15) is 0 Å². The summed E-state index contributed by atoms with van der Waals surface area (Å²) in [5.74, 6) is -0.0555. The molecule has 0 saturated heterocycles. The van der Waals surface area contributed by atoms with Crippen LogP contribution in [0.5, 0.6) is 0 Å². The summed E-state index contributed by atoms with van der Waals surface area (Å²) < 4.78 is 5.47. The number of allylic oxidation sites excluding steroid dienone is 3. The van der Waals surface area contributed by atoms with Crippen LogP contribution in [0.3, 0.4) is 0 Å². The maximum atomic E-state index is 12.5. The van der Waals surface area contributed by atoms with Crippen LogP contribution < -0.4 is 5.32 Å². The molecular formula is C71H137NO5. The van der Waals surface area contributed by atoms with Crippen LogP contribution in [0.2, 0.25) is 0 Å². The molecule has 0 heterocycles. The van der Waals surface area contributed by atoms with Crippen LogP contribution in [0.1, 0.15) is 393 Å². The van der Waals surface area contributed by atoms with Crippen molar-refractivity contribution in [1.82, 2.24) is 5.32 Å². The summed E-state index contributed by atoms with van der Waals surface area (Å²) >= 11 is 0. The van der Waals surface area contributed by atoms with Gasteiger partial charge in [0.15, 0.2) is 0 Å². The van der Waals surface area contributed by atoms with E-state index in [4.69, 9.17) is 4.74 Å². The van der Waals surface area contributed by atoms with Crippen LogP contribution >= 0.6 is 0 Å². The predicted octanol–water partition coefficient (Wildman–Crippen LogP) is 22.5. The van der Waals surface area contributed by atoms with E-state index in [2.05, 4.69) is 31.3 Å². The van der Waals surface area contributed by atoms with E-state index >= 15 is 0 Å². The molecule has 0 aromatic heterocycles. The summed E-state index contributed by atoms with van der Waals surface area (Å²) in [7, 11) is 0. The Labute approximate surface area is 481 Å². The molecule has 77 heavy (non-hydrogen) atoms. The lowest BCUT2D eigenvalue weighted by molar-refractivity contribution is -0.143. The monoisotopic (exact) mass is 1080 g/mol. The number of carbonyl (C=O) groups is 2. The van der Waals surface area contributed by atoms with E-state index in [0.717, 1.165) is 38.5 Å². The van der Waals surface area contributed by atoms with Crippen molar-refractivity contribution in [2.24, 2.45) is 0 Å². The third kappa shape index (κ3) is 63.4. The number of aliphatic hydroxyl groups excluding tert-OH is 2. The Kier molecular flexibility index (Phi) is 65.4. The second-order valence-corrected chi connectivity index (χ2v) is 24.2. The molecule has 1 amide bonds. The highest BCUT2D eigenvalue weighted by molar-refractivity contribution is 5.76. The molecule has 3 N–H and O–H groups in total. The van der Waals surface area contributed by atoms with Crippen molar-refractivity contribution < 1.29 is 24.5 Å². The number of hydrogen-bond acceptors (Lipinski definition) is 5. The average molecular weight is 1080 g/mol. The molecule has 0 aliphatic carbocycles. The molecule has 0 bridgehead atoms. The van der Waals surface area contributed by atoms with Crippen molar-refractivity contribution in [3.8, 4) is 0 Å². The molecule has 0 rings (SSSR count). The predicted molar refractivity (Wildman–Crippen MR) is 338 cm³/mol. The first-order valence-corrected chi connectivity index (χ1v) is 35.1. The van der Waals surface area contributed by atoms with Gasteiger partial charge in [0.25, 0.3) is 0 Å². The van der Waals surface area contributed by atoms with Crippen LogP contribution in [0, 0.1) is 0 Å². The van der Waals surface area contributed by atoms with Gasteiger partial charge in [0.05, 0.1) is 25.4 Å². The number of amides is 1. The van der Waals surface area contributed by atoms with Crippen LogP contribution in [-0.4, -0.2) is 47.4 Å². The number of hydrogen-bond donors (Lipinski definition) is 3. The molecule has 0 aliphatic heterocycles. The summed E-state index contributed by atoms with van der Waals surface area (Å²) in [5.41, 5.74) is 0. The van der Waals surface area contributed by atoms with Gasteiger partial charge in [-0.05, 0) is 57.8 Å². The second-order valence-electron chi connectivity index (χ2n) is 24.2. The molecule has 0 aromatic carbocycles. The van der Waals surface area contributed by atoms with Gasteiger partial charge in [-0.25, -0.2) is 0 Å². The van der Waals surface area contributed by atoms with Gasteiger partial charge in [0, 0.05) is 12.8 Å². The lowest BCUT2D eigenvalue weighted by atomic mass is 10.0. The molecule has 0 spiro atoms. The Morgan fingerprint density at radius 2 is 0.610 bits per heavy atom. The maximum absolute atomic E-state index is 12.5. The normalized spacial score (nSPS) is 12.6. The van der Waals surface area contributed by atoms with Crippen LogP contribution in [0.15, 0.2) is 24.3 Å². The zero-order chi connectivity index (χ0) is 55.7. The summed E-state index contributed by atoms with van der Waals surface area (Å²) in [5, 5.41) is 23.3. The highest BCUT2D eigenvalue weighted by atomic mass is 16.5. The van der Waals surface area contributed by atoms with Crippen molar-refractivity contribution in [1.29, 1.82) is 0 Å². The van der Waals surface area contributed by atoms with E-state index in [1.54, 1.807) is 6.08 Å². The smallest absolute Gasteiger partial charge is 0.305 e. The van der Waals surface area contributed by atoms with Gasteiger partial charge in [-0.15, -0.1) is 0 Å². The molecule has 0 fully saturated rings. The van der Waals surface area contributed by atoms with Gasteiger partial charge >= 0.3 is 5.97 Å². The van der Waals surface area contributed by atoms with E-state index in [9.17, 15) is 19.8 Å². The summed E-state index contributed by atoms with van der Waals surface area (Å²) in [6.45, 7) is 4.93. The van der Waals surface area contributed by atoms with Crippen molar-refractivity contribution in [3.63, 3.8) is 0 Å². The Bertz CT molecular complexity index is 1200. The largest absolute Gasteiger partial charge is 0.466 e. The van der Waals surface area contributed by atoms with Gasteiger partial charge in [-0.3, -0.25) is 9.59 Å². The third-order valence-electron chi connectivity index (χ3n) is 16.5. The van der Waals surface area contributed by atoms with Gasteiger partial charge in [-0.1, -0.05) is 346 Å². The highest BCUT2D eigenvalue weighted by Gasteiger charge is 2.18. The minimum absolute atomic E-state index is 0.0125. The first-order chi connectivity index (χ1) is 38.0. The van der Waals surface area contributed by atoms with Crippen molar-refractivity contribution >= 4 is 11.9 Å². The van der Waals surface area contributed by atoms with E-state index < -0.39 is 12.1 Å². The molecule has 6 nitrogen and oxygen atoms in total. The molecule has 0 aromatic rings. The van der Waals surface area contributed by atoms with Crippen LogP contribution in [-0.2, 0) is 14.3 Å². The van der Waals surface area contributed by atoms with Crippen molar-refractivity contribution in [3.05, 3.63) is 24.3 Å². The topological polar surface area (TPSA) is 95.9 Å². The minimum Gasteiger partial charge on any atom is -0.466 e. The standard InChI is InChI=1S/C71H137NO5/c1-3-5-7-9-11-13-15-16-17-18-19-20-21-22-25-28-31-34-37-40-44-47-51-55-59-63-69(74)68(67-73)72-70(75)64-60-56-52-48-45-41-38-35-32-29-26-23-24-27-30-33-36-39-42-46-50-54-58-62-66-77-71(76)65-61-57-53-49-43-14-12-10-8-6-4-2/h26,29,59,63,68-69,73-74H,3-25,27-28,30-58,60-62,64-67H2,1-2H3,(H,72,75)/b29-26-,63-59+. The summed E-state index contributed by atoms with van der Waals surface area (Å²) in [6, 6.07) is -0.632. The Hall–Kier alpha value is -1.66. The fraction of sp³-hybridized carbons (Fsp3) is 0.915. The average Bonchev–Trinajstić information content (AvgIpc) is 3.43. The zero-order valence-electron chi connectivity index (χ0n) is 52.2. The van der Waals surface area contributed by atoms with E-state index in [0.29, 0.717) is 19.4 Å². The number of nitrogens with one attached hydrogen (secondary N) is 1. The van der Waals surface area contributed by atoms with Crippen LogP contribution in [0.25, 0.3) is 0 Å². The SMILES string of the molecule is CCCCCCCCCCCCCCCCCCCCCCCCC/C=C/C(O)C(CO)NC(=O)CCCCCCCCCC/C=C\CCCCCCCCCCCCCCOC(=O)CCCCCCCCCCCCC. The number of ether oxygens (including phenoxy) is 1. The van der Waals surface area contributed by atoms with Gasteiger partial charge < -0.3 is 20.3 Å². The molecule has 2 atom stereocenters. The quantitative estimate of drug-likeness (QED) is 0.0320. The van der Waals surface area contributed by atoms with E-state index in [1.807, 2.05) is 6.08 Å². The molecule has 0 saturated carbocycles. The Morgan fingerprint density at radius 1 is 0.351 bits per heavy atom. The number of aliphatic hydroxyl groups is 2. The fourth-order valence-electron chi connectivity index (χ4n) is 11.1. The Balaban J connectivity index is 3.43.